The molecule has 118 valence electrons. The molecular weight excluding hydrogens is 294 g/mol. The number of hydrogen-bond acceptors (Lipinski definition) is 4. The lowest BCUT2D eigenvalue weighted by Crippen LogP contribution is -2.31. The Labute approximate surface area is 126 Å². The van der Waals surface area contributed by atoms with E-state index < -0.39 is 35.6 Å². The van der Waals surface area contributed by atoms with Crippen molar-refractivity contribution in [3.05, 3.63) is 35.4 Å². The Kier molecular flexibility index (Phi) is 3.85. The third-order valence-corrected chi connectivity index (χ3v) is 4.18. The second-order valence-electron chi connectivity index (χ2n) is 5.83. The van der Waals surface area contributed by atoms with Gasteiger partial charge in [-0.15, -0.1) is 0 Å². The van der Waals surface area contributed by atoms with Gasteiger partial charge < -0.3 is 9.47 Å². The molecule has 2 aliphatic rings. The summed E-state index contributed by atoms with van der Waals surface area (Å²) in [5, 5.41) is 0. The number of halogens is 2. The van der Waals surface area contributed by atoms with E-state index in [9.17, 15) is 18.4 Å². The molecule has 0 amide bonds. The van der Waals surface area contributed by atoms with Crippen LogP contribution in [0.15, 0.2) is 18.2 Å². The maximum Gasteiger partial charge on any atom is 0.347 e. The first-order chi connectivity index (χ1) is 10.5. The van der Waals surface area contributed by atoms with E-state index in [1.807, 2.05) is 0 Å². The number of esters is 2. The topological polar surface area (TPSA) is 52.6 Å². The van der Waals surface area contributed by atoms with Gasteiger partial charge in [-0.3, -0.25) is 4.79 Å². The highest BCUT2D eigenvalue weighted by Crippen LogP contribution is 2.49. The Balaban J connectivity index is 1.65. The summed E-state index contributed by atoms with van der Waals surface area (Å²) in [5.74, 6) is -3.09. The van der Waals surface area contributed by atoms with Crippen LogP contribution in [-0.4, -0.2) is 25.2 Å². The summed E-state index contributed by atoms with van der Waals surface area (Å²) in [6, 6.07) is 3.19. The quantitative estimate of drug-likeness (QED) is 0.784. The third kappa shape index (κ3) is 2.96. The molecule has 0 aromatic heterocycles. The van der Waals surface area contributed by atoms with Crippen LogP contribution in [0.1, 0.15) is 30.7 Å². The number of ether oxygens (including phenoxy) is 2. The Bertz CT molecular complexity index is 612. The lowest BCUT2D eigenvalue weighted by Gasteiger charge is -2.15. The van der Waals surface area contributed by atoms with Gasteiger partial charge in [-0.25, -0.2) is 13.6 Å². The number of benzene rings is 1. The maximum atomic E-state index is 13.7. The molecule has 2 saturated carbocycles. The smallest absolute Gasteiger partial charge is 0.347 e. The van der Waals surface area contributed by atoms with Crippen LogP contribution in [-0.2, 0) is 19.1 Å². The lowest BCUT2D eigenvalue weighted by molar-refractivity contribution is -0.168. The molecule has 0 spiro atoms. The predicted octanol–water partition coefficient (Wildman–Crippen LogP) is 2.56. The zero-order chi connectivity index (χ0) is 15.9. The first-order valence-corrected chi connectivity index (χ1v) is 7.24. The number of methoxy groups -OCH3 is 1. The van der Waals surface area contributed by atoms with Gasteiger partial charge in [0.25, 0.3) is 0 Å². The normalized spacial score (nSPS) is 24.5. The van der Waals surface area contributed by atoms with Gasteiger partial charge in [-0.05, 0) is 43.0 Å². The van der Waals surface area contributed by atoms with Gasteiger partial charge in [-0.1, -0.05) is 0 Å². The summed E-state index contributed by atoms with van der Waals surface area (Å²) >= 11 is 0. The molecule has 2 aliphatic carbocycles. The Morgan fingerprint density at radius 2 is 2.00 bits per heavy atom. The number of rotatable bonds is 5. The van der Waals surface area contributed by atoms with Crippen molar-refractivity contribution in [2.45, 2.75) is 31.3 Å². The highest BCUT2D eigenvalue weighted by Gasteiger charge is 2.49. The minimum atomic E-state index is -0.879. The SMILES string of the molecule is COC(=O)C(OC(=O)C1CC1c1cc(F)ccc1F)C1CC1. The average Bonchev–Trinajstić information content (AvgIpc) is 3.38. The van der Waals surface area contributed by atoms with Crippen molar-refractivity contribution in [1.82, 2.24) is 0 Å². The molecule has 0 saturated heterocycles. The molecule has 6 heteroatoms. The molecule has 0 N–H and O–H groups in total. The van der Waals surface area contributed by atoms with Crippen molar-refractivity contribution in [1.29, 1.82) is 0 Å². The van der Waals surface area contributed by atoms with Gasteiger partial charge in [0.2, 0.25) is 6.10 Å². The fourth-order valence-corrected chi connectivity index (χ4v) is 2.66. The van der Waals surface area contributed by atoms with Crippen LogP contribution in [0.25, 0.3) is 0 Å². The fraction of sp³-hybridized carbons (Fsp3) is 0.500. The largest absolute Gasteiger partial charge is 0.466 e. The van der Waals surface area contributed by atoms with E-state index in [2.05, 4.69) is 4.74 Å². The van der Waals surface area contributed by atoms with Gasteiger partial charge in [-0.2, -0.15) is 0 Å². The van der Waals surface area contributed by atoms with Crippen LogP contribution in [0.4, 0.5) is 8.78 Å². The van der Waals surface area contributed by atoms with E-state index in [-0.39, 0.29) is 17.4 Å². The van der Waals surface area contributed by atoms with Crippen LogP contribution in [0.5, 0.6) is 0 Å². The predicted molar refractivity (Wildman–Crippen MR) is 71.8 cm³/mol. The van der Waals surface area contributed by atoms with Crippen LogP contribution in [0, 0.1) is 23.5 Å². The average molecular weight is 310 g/mol. The molecule has 0 aliphatic heterocycles. The van der Waals surface area contributed by atoms with Crippen molar-refractivity contribution < 1.29 is 27.8 Å². The van der Waals surface area contributed by atoms with Crippen molar-refractivity contribution in [2.24, 2.45) is 11.8 Å². The fourth-order valence-electron chi connectivity index (χ4n) is 2.66. The van der Waals surface area contributed by atoms with Crippen molar-refractivity contribution in [3.63, 3.8) is 0 Å². The van der Waals surface area contributed by atoms with Crippen molar-refractivity contribution in [3.8, 4) is 0 Å². The number of hydrogen-bond donors (Lipinski definition) is 0. The zero-order valence-electron chi connectivity index (χ0n) is 12.1. The van der Waals surface area contributed by atoms with E-state index in [1.54, 1.807) is 0 Å². The third-order valence-electron chi connectivity index (χ3n) is 4.18. The summed E-state index contributed by atoms with van der Waals surface area (Å²) in [7, 11) is 1.24. The highest BCUT2D eigenvalue weighted by atomic mass is 19.1. The van der Waals surface area contributed by atoms with Gasteiger partial charge >= 0.3 is 11.9 Å². The molecular formula is C16H16F2O4. The van der Waals surface area contributed by atoms with Crippen LogP contribution >= 0.6 is 0 Å². The summed E-state index contributed by atoms with van der Waals surface area (Å²) < 4.78 is 36.8. The molecule has 1 aromatic carbocycles. The Morgan fingerprint density at radius 1 is 1.27 bits per heavy atom. The second-order valence-corrected chi connectivity index (χ2v) is 5.83. The Morgan fingerprint density at radius 3 is 2.64 bits per heavy atom. The van der Waals surface area contributed by atoms with Crippen LogP contribution in [0.3, 0.4) is 0 Å². The van der Waals surface area contributed by atoms with E-state index in [4.69, 9.17) is 4.74 Å². The maximum absolute atomic E-state index is 13.7. The molecule has 0 bridgehead atoms. The van der Waals surface area contributed by atoms with Crippen molar-refractivity contribution >= 4 is 11.9 Å². The van der Waals surface area contributed by atoms with E-state index in [0.717, 1.165) is 31.0 Å². The van der Waals surface area contributed by atoms with Crippen LogP contribution < -0.4 is 0 Å². The molecule has 1 aromatic rings. The van der Waals surface area contributed by atoms with E-state index in [1.165, 1.54) is 7.11 Å². The van der Waals surface area contributed by atoms with Crippen LogP contribution in [0.2, 0.25) is 0 Å². The second kappa shape index (κ2) is 5.66. The molecule has 3 unspecified atom stereocenters. The molecule has 0 heterocycles. The molecule has 2 fully saturated rings. The minimum absolute atomic E-state index is 0.0134. The van der Waals surface area contributed by atoms with E-state index in [0.29, 0.717) is 6.42 Å². The highest BCUT2D eigenvalue weighted by molar-refractivity contribution is 5.83. The number of carbonyl (C=O) groups is 2. The number of carbonyl (C=O) groups excluding carboxylic acids is 2. The molecule has 3 rings (SSSR count). The van der Waals surface area contributed by atoms with Gasteiger partial charge in [0.15, 0.2) is 0 Å². The summed E-state index contributed by atoms with van der Waals surface area (Å²) in [5.41, 5.74) is 0.183. The van der Waals surface area contributed by atoms with Gasteiger partial charge in [0.1, 0.15) is 11.6 Å². The summed E-state index contributed by atoms with van der Waals surface area (Å²) in [4.78, 5) is 23.7. The Hall–Kier alpha value is -1.98. The summed E-state index contributed by atoms with van der Waals surface area (Å²) in [6.45, 7) is 0. The molecule has 4 nitrogen and oxygen atoms in total. The lowest BCUT2D eigenvalue weighted by atomic mass is 10.1. The molecule has 0 radical (unpaired) electrons. The van der Waals surface area contributed by atoms with Gasteiger partial charge in [0, 0.05) is 11.8 Å². The summed E-state index contributed by atoms with van der Waals surface area (Å²) in [6.07, 6.45) is 1.16. The van der Waals surface area contributed by atoms with Gasteiger partial charge in [0.05, 0.1) is 13.0 Å². The van der Waals surface area contributed by atoms with Crippen molar-refractivity contribution in [2.75, 3.05) is 7.11 Å². The first kappa shape index (κ1) is 14.9. The minimum Gasteiger partial charge on any atom is -0.466 e. The molecule has 22 heavy (non-hydrogen) atoms. The zero-order valence-corrected chi connectivity index (χ0v) is 12.1. The molecule has 3 atom stereocenters. The monoisotopic (exact) mass is 310 g/mol. The first-order valence-electron chi connectivity index (χ1n) is 7.24. The standard InChI is InChI=1S/C16H16F2O4/c1-21-16(20)14(8-2-3-8)22-15(19)12-7-10(12)11-6-9(17)4-5-13(11)18/h4-6,8,10,12,14H,2-3,7H2,1H3. The van der Waals surface area contributed by atoms with E-state index >= 15 is 0 Å².